The molecule has 1 unspecified atom stereocenters. The molecule has 21 heavy (non-hydrogen) atoms. The Morgan fingerprint density at radius 2 is 1.76 bits per heavy atom. The summed E-state index contributed by atoms with van der Waals surface area (Å²) in [6.07, 6.45) is 0.831. The zero-order valence-electron chi connectivity index (χ0n) is 12.7. The van der Waals surface area contributed by atoms with Gasteiger partial charge in [-0.1, -0.05) is 60.5 Å². The van der Waals surface area contributed by atoms with Crippen LogP contribution in [0, 0.1) is 13.8 Å². The molecule has 0 fully saturated rings. The maximum absolute atomic E-state index is 6.34. The lowest BCUT2D eigenvalue weighted by Crippen LogP contribution is -2.24. The van der Waals surface area contributed by atoms with Gasteiger partial charge in [-0.25, -0.2) is 0 Å². The molecule has 1 N–H and O–H groups in total. The number of hydrogen-bond donors (Lipinski definition) is 1. The SMILES string of the molecule is CCNC(Cc1cccc(Cl)c1Cl)c1cccc(C)c1C. The van der Waals surface area contributed by atoms with Crippen molar-refractivity contribution in [2.45, 2.75) is 33.2 Å². The standard InChI is InChI=1S/C18H21Cl2N/c1-4-21-17(15-9-5-7-12(2)13(15)3)11-14-8-6-10-16(19)18(14)20/h5-10,17,21H,4,11H2,1-3H3. The molecule has 0 amide bonds. The molecule has 112 valence electrons. The molecule has 0 saturated heterocycles. The smallest absolute Gasteiger partial charge is 0.0624 e. The van der Waals surface area contributed by atoms with Crippen LogP contribution in [0.4, 0.5) is 0 Å². The molecule has 0 aliphatic heterocycles. The van der Waals surface area contributed by atoms with Crippen LogP contribution in [0.2, 0.25) is 10.0 Å². The van der Waals surface area contributed by atoms with Gasteiger partial charge in [-0.05, 0) is 55.1 Å². The van der Waals surface area contributed by atoms with Gasteiger partial charge >= 0.3 is 0 Å². The summed E-state index contributed by atoms with van der Waals surface area (Å²) in [7, 11) is 0. The van der Waals surface area contributed by atoms with Gasteiger partial charge in [0.15, 0.2) is 0 Å². The summed E-state index contributed by atoms with van der Waals surface area (Å²) in [6.45, 7) is 7.36. The van der Waals surface area contributed by atoms with E-state index in [1.54, 1.807) is 0 Å². The van der Waals surface area contributed by atoms with Crippen molar-refractivity contribution in [1.82, 2.24) is 5.32 Å². The average molecular weight is 322 g/mol. The molecule has 1 nitrogen and oxygen atoms in total. The number of rotatable bonds is 5. The molecule has 0 saturated carbocycles. The number of likely N-dealkylation sites (N-methyl/N-ethyl adjacent to an activating group) is 1. The molecule has 0 aliphatic rings. The summed E-state index contributed by atoms with van der Waals surface area (Å²) in [6, 6.07) is 12.5. The van der Waals surface area contributed by atoms with E-state index in [9.17, 15) is 0 Å². The van der Waals surface area contributed by atoms with Crippen molar-refractivity contribution in [3.05, 3.63) is 68.7 Å². The third kappa shape index (κ3) is 3.79. The molecule has 0 aromatic heterocycles. The minimum absolute atomic E-state index is 0.242. The van der Waals surface area contributed by atoms with Crippen molar-refractivity contribution in [2.24, 2.45) is 0 Å². The Morgan fingerprint density at radius 3 is 2.48 bits per heavy atom. The predicted octanol–water partition coefficient (Wildman–Crippen LogP) is 5.50. The van der Waals surface area contributed by atoms with E-state index in [2.05, 4.69) is 44.3 Å². The first kappa shape index (κ1) is 16.4. The minimum Gasteiger partial charge on any atom is -0.310 e. The molecule has 0 aliphatic carbocycles. The topological polar surface area (TPSA) is 12.0 Å². The first-order chi connectivity index (χ1) is 10.0. The quantitative estimate of drug-likeness (QED) is 0.766. The molecule has 0 radical (unpaired) electrons. The summed E-state index contributed by atoms with van der Waals surface area (Å²) in [5.41, 5.74) is 5.05. The number of hydrogen-bond acceptors (Lipinski definition) is 1. The highest BCUT2D eigenvalue weighted by molar-refractivity contribution is 6.42. The van der Waals surface area contributed by atoms with Crippen molar-refractivity contribution < 1.29 is 0 Å². The van der Waals surface area contributed by atoms with E-state index in [-0.39, 0.29) is 6.04 Å². The summed E-state index contributed by atoms with van der Waals surface area (Å²) >= 11 is 12.5. The van der Waals surface area contributed by atoms with Crippen molar-refractivity contribution in [1.29, 1.82) is 0 Å². The Balaban J connectivity index is 2.35. The largest absolute Gasteiger partial charge is 0.310 e. The highest BCUT2D eigenvalue weighted by Gasteiger charge is 2.16. The normalized spacial score (nSPS) is 12.4. The Labute approximate surface area is 137 Å². The fraction of sp³-hybridized carbons (Fsp3) is 0.333. The van der Waals surface area contributed by atoms with Gasteiger partial charge in [-0.3, -0.25) is 0 Å². The van der Waals surface area contributed by atoms with Crippen LogP contribution in [0.25, 0.3) is 0 Å². The lowest BCUT2D eigenvalue weighted by atomic mass is 9.93. The molecule has 1 atom stereocenters. The Morgan fingerprint density at radius 1 is 1.05 bits per heavy atom. The summed E-state index contributed by atoms with van der Waals surface area (Å²) in [5.74, 6) is 0. The van der Waals surface area contributed by atoms with Gasteiger partial charge in [0.1, 0.15) is 0 Å². The van der Waals surface area contributed by atoms with Crippen molar-refractivity contribution in [3.63, 3.8) is 0 Å². The maximum Gasteiger partial charge on any atom is 0.0624 e. The van der Waals surface area contributed by atoms with Crippen LogP contribution in [-0.4, -0.2) is 6.54 Å². The van der Waals surface area contributed by atoms with Gasteiger partial charge in [-0.2, -0.15) is 0 Å². The van der Waals surface area contributed by atoms with E-state index in [0.717, 1.165) is 18.5 Å². The lowest BCUT2D eigenvalue weighted by molar-refractivity contribution is 0.547. The molecular formula is C18H21Cl2N. The second kappa shape index (κ2) is 7.31. The zero-order chi connectivity index (χ0) is 15.4. The monoisotopic (exact) mass is 321 g/mol. The van der Waals surface area contributed by atoms with Crippen LogP contribution < -0.4 is 5.32 Å². The second-order valence-electron chi connectivity index (χ2n) is 5.32. The fourth-order valence-electron chi connectivity index (χ4n) is 2.62. The van der Waals surface area contributed by atoms with E-state index in [0.29, 0.717) is 10.0 Å². The van der Waals surface area contributed by atoms with Crippen LogP contribution in [0.5, 0.6) is 0 Å². The van der Waals surface area contributed by atoms with Gasteiger partial charge in [0.2, 0.25) is 0 Å². The number of halogens is 2. The lowest BCUT2D eigenvalue weighted by Gasteiger charge is -2.22. The Bertz CT molecular complexity index is 623. The number of aryl methyl sites for hydroxylation is 1. The molecule has 0 spiro atoms. The van der Waals surface area contributed by atoms with Gasteiger partial charge in [-0.15, -0.1) is 0 Å². The third-order valence-electron chi connectivity index (χ3n) is 3.93. The Hall–Kier alpha value is -1.02. The minimum atomic E-state index is 0.242. The first-order valence-corrected chi connectivity index (χ1v) is 8.02. The van der Waals surface area contributed by atoms with Crippen molar-refractivity contribution in [3.8, 4) is 0 Å². The summed E-state index contributed by atoms with van der Waals surface area (Å²) in [5, 5.41) is 4.84. The van der Waals surface area contributed by atoms with Crippen molar-refractivity contribution in [2.75, 3.05) is 6.54 Å². The molecular weight excluding hydrogens is 301 g/mol. The fourth-order valence-corrected chi connectivity index (χ4v) is 3.01. The van der Waals surface area contributed by atoms with E-state index >= 15 is 0 Å². The van der Waals surface area contributed by atoms with Crippen LogP contribution in [0.1, 0.15) is 35.2 Å². The van der Waals surface area contributed by atoms with Crippen LogP contribution in [-0.2, 0) is 6.42 Å². The van der Waals surface area contributed by atoms with Crippen LogP contribution in [0.3, 0.4) is 0 Å². The van der Waals surface area contributed by atoms with Gasteiger partial charge in [0, 0.05) is 6.04 Å². The van der Waals surface area contributed by atoms with E-state index < -0.39 is 0 Å². The molecule has 2 aromatic rings. The van der Waals surface area contributed by atoms with E-state index in [1.165, 1.54) is 16.7 Å². The molecule has 0 bridgehead atoms. The van der Waals surface area contributed by atoms with E-state index in [1.807, 2.05) is 18.2 Å². The highest BCUT2D eigenvalue weighted by Crippen LogP contribution is 2.30. The van der Waals surface area contributed by atoms with Gasteiger partial charge in [0.05, 0.1) is 10.0 Å². The number of benzene rings is 2. The maximum atomic E-state index is 6.34. The van der Waals surface area contributed by atoms with Crippen molar-refractivity contribution >= 4 is 23.2 Å². The van der Waals surface area contributed by atoms with Crippen LogP contribution in [0.15, 0.2) is 36.4 Å². The summed E-state index contributed by atoms with van der Waals surface area (Å²) < 4.78 is 0. The van der Waals surface area contributed by atoms with E-state index in [4.69, 9.17) is 23.2 Å². The molecule has 2 aromatic carbocycles. The highest BCUT2D eigenvalue weighted by atomic mass is 35.5. The zero-order valence-corrected chi connectivity index (χ0v) is 14.2. The molecule has 3 heteroatoms. The van der Waals surface area contributed by atoms with Gasteiger partial charge in [0.25, 0.3) is 0 Å². The predicted molar refractivity (Wildman–Crippen MR) is 92.5 cm³/mol. The molecule has 0 heterocycles. The second-order valence-corrected chi connectivity index (χ2v) is 6.10. The molecule has 2 rings (SSSR count). The summed E-state index contributed by atoms with van der Waals surface area (Å²) in [4.78, 5) is 0. The Kier molecular flexibility index (Phi) is 5.69. The third-order valence-corrected chi connectivity index (χ3v) is 4.79. The first-order valence-electron chi connectivity index (χ1n) is 7.27. The van der Waals surface area contributed by atoms with Gasteiger partial charge < -0.3 is 5.32 Å². The average Bonchev–Trinajstić information content (AvgIpc) is 2.46. The number of nitrogens with one attached hydrogen (secondary N) is 1. The van der Waals surface area contributed by atoms with Crippen LogP contribution >= 0.6 is 23.2 Å².